The molecule has 23 heavy (non-hydrogen) atoms. The van der Waals surface area contributed by atoms with Crippen molar-refractivity contribution in [1.29, 1.82) is 0 Å². The Balaban J connectivity index is 2.08. The largest absolute Gasteiger partial charge is 0.480 e. The molecule has 0 fully saturated rings. The third-order valence-corrected chi connectivity index (χ3v) is 3.63. The van der Waals surface area contributed by atoms with E-state index in [9.17, 15) is 9.59 Å². The van der Waals surface area contributed by atoms with Crippen LogP contribution in [-0.2, 0) is 4.79 Å². The van der Waals surface area contributed by atoms with E-state index >= 15 is 0 Å². The summed E-state index contributed by atoms with van der Waals surface area (Å²) in [5.41, 5.74) is 2.81. The fourth-order valence-electron chi connectivity index (χ4n) is 2.40. The van der Waals surface area contributed by atoms with Crippen LogP contribution in [0.2, 0.25) is 0 Å². The summed E-state index contributed by atoms with van der Waals surface area (Å²) >= 11 is 0. The molecular formula is C17H15N3O3. The van der Waals surface area contributed by atoms with E-state index in [0.29, 0.717) is 28.5 Å². The van der Waals surface area contributed by atoms with Crippen molar-refractivity contribution < 1.29 is 14.7 Å². The van der Waals surface area contributed by atoms with Gasteiger partial charge in [0.15, 0.2) is 0 Å². The molecule has 0 aliphatic carbocycles. The monoisotopic (exact) mass is 309 g/mol. The Morgan fingerprint density at radius 2 is 1.70 bits per heavy atom. The first-order valence-electron chi connectivity index (χ1n) is 7.29. The number of fused-ring (bicyclic) bond motifs is 2. The van der Waals surface area contributed by atoms with Crippen LogP contribution >= 0.6 is 0 Å². The van der Waals surface area contributed by atoms with Crippen LogP contribution in [0.3, 0.4) is 0 Å². The minimum atomic E-state index is -1.06. The Kier molecular flexibility index (Phi) is 3.89. The first kappa shape index (κ1) is 14.9. The Bertz CT molecular complexity index is 908. The number of carboxylic acid groups (broad SMARTS) is 1. The summed E-state index contributed by atoms with van der Waals surface area (Å²) in [6.45, 7) is 1.70. The van der Waals surface area contributed by atoms with Gasteiger partial charge in [0, 0.05) is 0 Å². The van der Waals surface area contributed by atoms with Crippen LogP contribution in [0, 0.1) is 0 Å². The highest BCUT2D eigenvalue weighted by molar-refractivity contribution is 6.06. The lowest BCUT2D eigenvalue weighted by atomic mass is 10.1. The molecular weight excluding hydrogens is 294 g/mol. The number of aliphatic carboxylic acids is 1. The second kappa shape index (κ2) is 6.00. The highest BCUT2D eigenvalue weighted by atomic mass is 16.4. The summed E-state index contributed by atoms with van der Waals surface area (Å²) in [4.78, 5) is 32.5. The van der Waals surface area contributed by atoms with Crippen LogP contribution in [0.4, 0.5) is 0 Å². The van der Waals surface area contributed by atoms with Crippen molar-refractivity contribution in [2.75, 3.05) is 0 Å². The second-order valence-electron chi connectivity index (χ2n) is 5.16. The molecule has 2 aromatic carbocycles. The van der Waals surface area contributed by atoms with Crippen molar-refractivity contribution >= 4 is 33.9 Å². The smallest absolute Gasteiger partial charge is 0.326 e. The van der Waals surface area contributed by atoms with Crippen molar-refractivity contribution in [3.05, 3.63) is 48.0 Å². The van der Waals surface area contributed by atoms with Crippen LogP contribution in [0.15, 0.2) is 42.5 Å². The number of carbonyl (C=O) groups is 2. The van der Waals surface area contributed by atoms with E-state index in [1.807, 2.05) is 24.3 Å². The molecule has 0 spiro atoms. The van der Waals surface area contributed by atoms with Gasteiger partial charge in [-0.05, 0) is 30.7 Å². The molecule has 0 bridgehead atoms. The molecule has 116 valence electrons. The van der Waals surface area contributed by atoms with E-state index in [-0.39, 0.29) is 0 Å². The topological polar surface area (TPSA) is 92.2 Å². The molecule has 3 rings (SSSR count). The molecule has 2 N–H and O–H groups in total. The predicted octanol–water partition coefficient (Wildman–Crippen LogP) is 2.38. The number of nitrogens with one attached hydrogen (secondary N) is 1. The molecule has 0 saturated carbocycles. The normalized spacial score (nSPS) is 12.2. The third kappa shape index (κ3) is 2.83. The molecule has 1 atom stereocenters. The lowest BCUT2D eigenvalue weighted by Crippen LogP contribution is -2.40. The van der Waals surface area contributed by atoms with Crippen LogP contribution in [0.5, 0.6) is 0 Å². The molecule has 3 aromatic rings. The molecule has 1 heterocycles. The Labute approximate surface area is 132 Å². The second-order valence-corrected chi connectivity index (χ2v) is 5.16. The maximum Gasteiger partial charge on any atom is 0.326 e. The number of benzene rings is 2. The molecule has 1 amide bonds. The van der Waals surface area contributed by atoms with Gasteiger partial charge < -0.3 is 10.4 Å². The third-order valence-electron chi connectivity index (χ3n) is 3.63. The van der Waals surface area contributed by atoms with Gasteiger partial charge in [-0.25, -0.2) is 14.8 Å². The van der Waals surface area contributed by atoms with Crippen molar-refractivity contribution in [3.8, 4) is 0 Å². The molecule has 1 unspecified atom stereocenters. The predicted molar refractivity (Wildman–Crippen MR) is 86.2 cm³/mol. The molecule has 0 saturated heterocycles. The number of rotatable bonds is 4. The maximum atomic E-state index is 12.4. The van der Waals surface area contributed by atoms with Crippen LogP contribution < -0.4 is 5.32 Å². The number of amides is 1. The summed E-state index contributed by atoms with van der Waals surface area (Å²) in [6.07, 6.45) is 0.306. The van der Waals surface area contributed by atoms with Gasteiger partial charge in [-0.3, -0.25) is 4.79 Å². The average molecular weight is 309 g/mol. The van der Waals surface area contributed by atoms with Crippen molar-refractivity contribution in [2.24, 2.45) is 0 Å². The van der Waals surface area contributed by atoms with E-state index in [1.165, 1.54) is 0 Å². The quantitative estimate of drug-likeness (QED) is 0.722. The first-order valence-corrected chi connectivity index (χ1v) is 7.29. The molecule has 6 nitrogen and oxygen atoms in total. The van der Waals surface area contributed by atoms with E-state index in [0.717, 1.165) is 5.52 Å². The van der Waals surface area contributed by atoms with Crippen molar-refractivity contribution in [3.63, 3.8) is 0 Å². The summed E-state index contributed by atoms with van der Waals surface area (Å²) in [5, 5.41) is 11.6. The van der Waals surface area contributed by atoms with Gasteiger partial charge >= 0.3 is 5.97 Å². The molecule has 1 aromatic heterocycles. The van der Waals surface area contributed by atoms with E-state index < -0.39 is 17.9 Å². The van der Waals surface area contributed by atoms with Gasteiger partial charge in [0.05, 0.1) is 22.1 Å². The summed E-state index contributed by atoms with van der Waals surface area (Å²) in [7, 11) is 0. The standard InChI is InChI=1S/C17H15N3O3/c1-2-11(17(22)23)20-16(21)10-6-5-9-14-15(10)19-13-8-4-3-7-12(13)18-14/h3-9,11H,2H2,1H3,(H,20,21)(H,22,23). The van der Waals surface area contributed by atoms with Crippen molar-refractivity contribution in [1.82, 2.24) is 15.3 Å². The number of carbonyl (C=O) groups excluding carboxylic acids is 1. The minimum absolute atomic E-state index is 0.306. The molecule has 0 radical (unpaired) electrons. The number of hydrogen-bond acceptors (Lipinski definition) is 4. The zero-order valence-electron chi connectivity index (χ0n) is 12.5. The summed E-state index contributed by atoms with van der Waals surface area (Å²) in [5.74, 6) is -1.52. The maximum absolute atomic E-state index is 12.4. The number of para-hydroxylation sites is 3. The molecule has 0 aliphatic rings. The van der Waals surface area contributed by atoms with Gasteiger partial charge in [0.25, 0.3) is 5.91 Å². The Morgan fingerprint density at radius 1 is 1.04 bits per heavy atom. The lowest BCUT2D eigenvalue weighted by molar-refractivity contribution is -0.139. The van der Waals surface area contributed by atoms with Gasteiger partial charge in [0.2, 0.25) is 0 Å². The average Bonchev–Trinajstić information content (AvgIpc) is 2.56. The Hall–Kier alpha value is -3.02. The van der Waals surface area contributed by atoms with Crippen LogP contribution in [0.1, 0.15) is 23.7 Å². The SMILES string of the molecule is CCC(NC(=O)c1cccc2nc3ccccc3nc12)C(=O)O. The summed E-state index contributed by atoms with van der Waals surface area (Å²) < 4.78 is 0. The molecule has 0 aliphatic heterocycles. The van der Waals surface area contributed by atoms with E-state index in [2.05, 4.69) is 15.3 Å². The number of hydrogen-bond donors (Lipinski definition) is 2. The highest BCUT2D eigenvalue weighted by Crippen LogP contribution is 2.19. The zero-order chi connectivity index (χ0) is 16.4. The van der Waals surface area contributed by atoms with Gasteiger partial charge in [-0.1, -0.05) is 25.1 Å². The summed E-state index contributed by atoms with van der Waals surface area (Å²) in [6, 6.07) is 11.6. The fourth-order valence-corrected chi connectivity index (χ4v) is 2.40. The van der Waals surface area contributed by atoms with Crippen molar-refractivity contribution in [2.45, 2.75) is 19.4 Å². The minimum Gasteiger partial charge on any atom is -0.480 e. The Morgan fingerprint density at radius 3 is 2.35 bits per heavy atom. The van der Waals surface area contributed by atoms with E-state index in [1.54, 1.807) is 25.1 Å². The van der Waals surface area contributed by atoms with Gasteiger partial charge in [-0.2, -0.15) is 0 Å². The van der Waals surface area contributed by atoms with Gasteiger partial charge in [0.1, 0.15) is 11.6 Å². The number of aromatic nitrogens is 2. The number of nitrogens with zero attached hydrogens (tertiary/aromatic N) is 2. The van der Waals surface area contributed by atoms with E-state index in [4.69, 9.17) is 5.11 Å². The lowest BCUT2D eigenvalue weighted by Gasteiger charge is -2.13. The first-order chi connectivity index (χ1) is 11.1. The van der Waals surface area contributed by atoms with Gasteiger partial charge in [-0.15, -0.1) is 0 Å². The van der Waals surface area contributed by atoms with Crippen LogP contribution in [0.25, 0.3) is 22.1 Å². The fraction of sp³-hybridized carbons (Fsp3) is 0.176. The molecule has 6 heteroatoms. The highest BCUT2D eigenvalue weighted by Gasteiger charge is 2.20. The zero-order valence-corrected chi connectivity index (χ0v) is 12.5. The number of carboxylic acids is 1. The van der Waals surface area contributed by atoms with Crippen LogP contribution in [-0.4, -0.2) is 33.0 Å².